The molecule has 0 bridgehead atoms. The van der Waals surface area contributed by atoms with Gasteiger partial charge in [0.15, 0.2) is 0 Å². The smallest absolute Gasteiger partial charge is 0.237 e. The van der Waals surface area contributed by atoms with E-state index in [1.165, 1.54) is 11.1 Å². The zero-order chi connectivity index (χ0) is 13.7. The number of hydrogen-bond acceptors (Lipinski definition) is 3. The van der Waals surface area contributed by atoms with E-state index in [0.29, 0.717) is 5.88 Å². The van der Waals surface area contributed by atoms with Gasteiger partial charge in [-0.2, -0.15) is 0 Å². The first-order valence-corrected chi connectivity index (χ1v) is 6.57. The van der Waals surface area contributed by atoms with Crippen molar-refractivity contribution in [2.75, 3.05) is 5.32 Å². The largest absolute Gasteiger partial charge is 0.473 e. The molecule has 0 atom stereocenters. The minimum atomic E-state index is 0.119. The molecule has 19 heavy (non-hydrogen) atoms. The monoisotopic (exact) mass is 256 g/mol. The lowest BCUT2D eigenvalue weighted by Crippen LogP contribution is -2.10. The molecule has 0 aliphatic rings. The highest BCUT2D eigenvalue weighted by Gasteiger charge is 2.06. The predicted molar refractivity (Wildman–Crippen MR) is 78.5 cm³/mol. The van der Waals surface area contributed by atoms with Gasteiger partial charge in [0.25, 0.3) is 0 Å². The lowest BCUT2D eigenvalue weighted by Gasteiger charge is -2.14. The van der Waals surface area contributed by atoms with Crippen LogP contribution in [-0.2, 0) is 6.54 Å². The first kappa shape index (κ1) is 13.4. The topological polar surface area (TPSA) is 34.2 Å². The standard InChI is InChI=1S/C16H20N2O/c1-12(2)19-16-15(9-6-10-17-16)18-11-14-8-5-4-7-13(14)3/h4-10,12,18H,11H2,1-3H3. The molecule has 1 N–H and O–H groups in total. The van der Waals surface area contributed by atoms with Crippen LogP contribution in [0.15, 0.2) is 42.6 Å². The summed E-state index contributed by atoms with van der Waals surface area (Å²) in [4.78, 5) is 4.27. The fourth-order valence-corrected chi connectivity index (χ4v) is 1.84. The van der Waals surface area contributed by atoms with Gasteiger partial charge in [-0.05, 0) is 44.0 Å². The van der Waals surface area contributed by atoms with E-state index in [2.05, 4.69) is 41.5 Å². The van der Waals surface area contributed by atoms with Gasteiger partial charge in [-0.3, -0.25) is 0 Å². The minimum absolute atomic E-state index is 0.119. The van der Waals surface area contributed by atoms with Gasteiger partial charge >= 0.3 is 0 Å². The van der Waals surface area contributed by atoms with Crippen molar-refractivity contribution in [2.45, 2.75) is 33.4 Å². The highest BCUT2D eigenvalue weighted by atomic mass is 16.5. The summed E-state index contributed by atoms with van der Waals surface area (Å²) in [5, 5.41) is 3.39. The third kappa shape index (κ3) is 3.71. The Kier molecular flexibility index (Phi) is 4.39. The van der Waals surface area contributed by atoms with Gasteiger partial charge in [0.1, 0.15) is 0 Å². The van der Waals surface area contributed by atoms with Crippen LogP contribution < -0.4 is 10.1 Å². The first-order chi connectivity index (χ1) is 9.16. The Bertz CT molecular complexity index is 538. The van der Waals surface area contributed by atoms with Crippen LogP contribution in [0.1, 0.15) is 25.0 Å². The predicted octanol–water partition coefficient (Wildman–Crippen LogP) is 3.79. The summed E-state index contributed by atoms with van der Waals surface area (Å²) < 4.78 is 5.69. The third-order valence-corrected chi connectivity index (χ3v) is 2.85. The van der Waals surface area contributed by atoms with E-state index in [1.54, 1.807) is 6.20 Å². The summed E-state index contributed by atoms with van der Waals surface area (Å²) in [7, 11) is 0. The molecule has 0 aliphatic heterocycles. The Morgan fingerprint density at radius 2 is 1.95 bits per heavy atom. The lowest BCUT2D eigenvalue weighted by molar-refractivity contribution is 0.234. The van der Waals surface area contributed by atoms with Crippen LogP contribution in [-0.4, -0.2) is 11.1 Å². The van der Waals surface area contributed by atoms with E-state index in [0.717, 1.165) is 12.2 Å². The van der Waals surface area contributed by atoms with Crippen molar-refractivity contribution < 1.29 is 4.74 Å². The summed E-state index contributed by atoms with van der Waals surface area (Å²) in [6, 6.07) is 12.2. The highest BCUT2D eigenvalue weighted by Crippen LogP contribution is 2.22. The van der Waals surface area contributed by atoms with E-state index in [9.17, 15) is 0 Å². The molecule has 100 valence electrons. The van der Waals surface area contributed by atoms with Gasteiger partial charge in [0, 0.05) is 12.7 Å². The molecule has 0 saturated heterocycles. The molecule has 0 radical (unpaired) electrons. The Hall–Kier alpha value is -2.03. The number of hydrogen-bond donors (Lipinski definition) is 1. The number of pyridine rings is 1. The number of benzene rings is 1. The van der Waals surface area contributed by atoms with E-state index >= 15 is 0 Å². The zero-order valence-electron chi connectivity index (χ0n) is 11.7. The van der Waals surface area contributed by atoms with Crippen LogP contribution >= 0.6 is 0 Å². The molecule has 2 aromatic rings. The number of nitrogens with one attached hydrogen (secondary N) is 1. The molecule has 1 aromatic carbocycles. The van der Waals surface area contributed by atoms with E-state index in [4.69, 9.17) is 4.74 Å². The maximum absolute atomic E-state index is 5.69. The average Bonchev–Trinajstić information content (AvgIpc) is 2.39. The van der Waals surface area contributed by atoms with Crippen LogP contribution in [0.4, 0.5) is 5.69 Å². The quantitative estimate of drug-likeness (QED) is 0.883. The zero-order valence-corrected chi connectivity index (χ0v) is 11.7. The maximum Gasteiger partial charge on any atom is 0.237 e. The summed E-state index contributed by atoms with van der Waals surface area (Å²) in [5.41, 5.74) is 3.49. The average molecular weight is 256 g/mol. The van der Waals surface area contributed by atoms with Crippen molar-refractivity contribution >= 4 is 5.69 Å². The van der Waals surface area contributed by atoms with Crippen molar-refractivity contribution in [2.24, 2.45) is 0 Å². The lowest BCUT2D eigenvalue weighted by atomic mass is 10.1. The second-order valence-corrected chi connectivity index (χ2v) is 4.80. The van der Waals surface area contributed by atoms with Crippen LogP contribution in [0.2, 0.25) is 0 Å². The fraction of sp³-hybridized carbons (Fsp3) is 0.312. The number of aromatic nitrogens is 1. The van der Waals surface area contributed by atoms with Crippen molar-refractivity contribution in [1.82, 2.24) is 4.98 Å². The molecule has 1 aromatic heterocycles. The van der Waals surface area contributed by atoms with Gasteiger partial charge in [-0.15, -0.1) is 0 Å². The van der Waals surface area contributed by atoms with Crippen LogP contribution in [0.5, 0.6) is 5.88 Å². The molecule has 0 aliphatic carbocycles. The minimum Gasteiger partial charge on any atom is -0.473 e. The molecule has 0 saturated carbocycles. The first-order valence-electron chi connectivity index (χ1n) is 6.57. The van der Waals surface area contributed by atoms with Crippen LogP contribution in [0.3, 0.4) is 0 Å². The molecular weight excluding hydrogens is 236 g/mol. The number of aryl methyl sites for hydroxylation is 1. The van der Waals surface area contributed by atoms with Gasteiger partial charge in [-0.1, -0.05) is 24.3 Å². The van der Waals surface area contributed by atoms with E-state index in [-0.39, 0.29) is 6.10 Å². The van der Waals surface area contributed by atoms with Crippen molar-refractivity contribution in [3.8, 4) is 5.88 Å². The van der Waals surface area contributed by atoms with Gasteiger partial charge in [0.2, 0.25) is 5.88 Å². The van der Waals surface area contributed by atoms with Crippen molar-refractivity contribution in [3.05, 3.63) is 53.7 Å². The molecule has 3 nitrogen and oxygen atoms in total. The van der Waals surface area contributed by atoms with Crippen LogP contribution in [0, 0.1) is 6.92 Å². The Balaban J connectivity index is 2.09. The summed E-state index contributed by atoms with van der Waals surface area (Å²) in [5.74, 6) is 0.658. The molecular formula is C16H20N2O. The second kappa shape index (κ2) is 6.23. The molecule has 0 unspecified atom stereocenters. The summed E-state index contributed by atoms with van der Waals surface area (Å²) in [6.07, 6.45) is 1.87. The molecule has 0 fully saturated rings. The van der Waals surface area contributed by atoms with Crippen LogP contribution in [0.25, 0.3) is 0 Å². The molecule has 1 heterocycles. The Morgan fingerprint density at radius 3 is 2.68 bits per heavy atom. The number of nitrogens with zero attached hydrogens (tertiary/aromatic N) is 1. The van der Waals surface area contributed by atoms with E-state index < -0.39 is 0 Å². The number of ether oxygens (including phenoxy) is 1. The highest BCUT2D eigenvalue weighted by molar-refractivity contribution is 5.52. The second-order valence-electron chi connectivity index (χ2n) is 4.80. The van der Waals surface area contributed by atoms with Crippen molar-refractivity contribution in [3.63, 3.8) is 0 Å². The molecule has 0 spiro atoms. The number of anilines is 1. The van der Waals surface area contributed by atoms with Crippen molar-refractivity contribution in [1.29, 1.82) is 0 Å². The van der Waals surface area contributed by atoms with Gasteiger partial charge in [-0.25, -0.2) is 4.98 Å². The number of rotatable bonds is 5. The molecule has 3 heteroatoms. The summed E-state index contributed by atoms with van der Waals surface area (Å²) >= 11 is 0. The Labute approximate surface area is 114 Å². The Morgan fingerprint density at radius 1 is 1.16 bits per heavy atom. The SMILES string of the molecule is Cc1ccccc1CNc1cccnc1OC(C)C. The summed E-state index contributed by atoms with van der Waals surface area (Å²) in [6.45, 7) is 6.89. The van der Waals surface area contributed by atoms with Gasteiger partial charge < -0.3 is 10.1 Å². The third-order valence-electron chi connectivity index (χ3n) is 2.85. The van der Waals surface area contributed by atoms with E-state index in [1.807, 2.05) is 26.0 Å². The fourth-order valence-electron chi connectivity index (χ4n) is 1.84. The molecule has 2 rings (SSSR count). The van der Waals surface area contributed by atoms with Gasteiger partial charge in [0.05, 0.1) is 11.8 Å². The molecule has 0 amide bonds. The normalized spacial score (nSPS) is 10.5. The maximum atomic E-state index is 5.69.